The Labute approximate surface area is 166 Å². The predicted octanol–water partition coefficient (Wildman–Crippen LogP) is 2.23. The molecular formula is C20H17N4O3S-. The van der Waals surface area contributed by atoms with Crippen molar-refractivity contribution in [1.82, 2.24) is 14.8 Å². The lowest BCUT2D eigenvalue weighted by Crippen LogP contribution is -2.25. The van der Waals surface area contributed by atoms with Crippen LogP contribution in [-0.4, -0.2) is 32.4 Å². The molecule has 1 amide bonds. The van der Waals surface area contributed by atoms with Gasteiger partial charge in [-0.25, -0.2) is 0 Å². The summed E-state index contributed by atoms with van der Waals surface area (Å²) in [5.41, 5.74) is 1.05. The minimum atomic E-state index is -1.35. The zero-order valence-electron chi connectivity index (χ0n) is 14.9. The minimum absolute atomic E-state index is 0.0471. The van der Waals surface area contributed by atoms with Crippen molar-refractivity contribution >= 4 is 29.3 Å². The van der Waals surface area contributed by atoms with Crippen molar-refractivity contribution < 1.29 is 14.7 Å². The van der Waals surface area contributed by atoms with Crippen molar-refractivity contribution in [2.75, 3.05) is 11.1 Å². The van der Waals surface area contributed by atoms with E-state index in [1.807, 2.05) is 34.9 Å². The number of aromatic carboxylic acids is 1. The van der Waals surface area contributed by atoms with E-state index in [9.17, 15) is 14.7 Å². The summed E-state index contributed by atoms with van der Waals surface area (Å²) >= 11 is 1.21. The molecule has 1 aromatic heterocycles. The Morgan fingerprint density at radius 2 is 1.82 bits per heavy atom. The van der Waals surface area contributed by atoms with Crippen LogP contribution < -0.4 is 10.4 Å². The Bertz CT molecular complexity index is 1000. The third kappa shape index (κ3) is 4.47. The fraction of sp³-hybridized carbons (Fsp3) is 0.100. The van der Waals surface area contributed by atoms with Crippen LogP contribution in [0.5, 0.6) is 0 Å². The summed E-state index contributed by atoms with van der Waals surface area (Å²) in [5.74, 6) is -0.966. The lowest BCUT2D eigenvalue weighted by atomic mass is 10.2. The highest BCUT2D eigenvalue weighted by Crippen LogP contribution is 2.24. The fourth-order valence-electron chi connectivity index (χ4n) is 2.58. The monoisotopic (exact) mass is 393 g/mol. The molecule has 3 aromatic rings. The first-order chi connectivity index (χ1) is 13.6. The van der Waals surface area contributed by atoms with Gasteiger partial charge in [0, 0.05) is 23.4 Å². The summed E-state index contributed by atoms with van der Waals surface area (Å²) in [5, 5.41) is 22.7. The van der Waals surface area contributed by atoms with E-state index in [0.29, 0.717) is 17.5 Å². The third-order valence-electron chi connectivity index (χ3n) is 3.81. The van der Waals surface area contributed by atoms with E-state index in [1.54, 1.807) is 18.2 Å². The zero-order valence-corrected chi connectivity index (χ0v) is 15.7. The molecule has 0 spiro atoms. The van der Waals surface area contributed by atoms with E-state index in [2.05, 4.69) is 22.1 Å². The van der Waals surface area contributed by atoms with E-state index in [-0.39, 0.29) is 22.9 Å². The molecule has 1 N–H and O–H groups in total. The van der Waals surface area contributed by atoms with Crippen LogP contribution in [0.3, 0.4) is 0 Å². The maximum absolute atomic E-state index is 12.3. The largest absolute Gasteiger partial charge is 0.545 e. The Balaban J connectivity index is 1.73. The number of amides is 1. The number of carbonyl (C=O) groups excluding carboxylic acids is 2. The van der Waals surface area contributed by atoms with Gasteiger partial charge in [-0.2, -0.15) is 0 Å². The van der Waals surface area contributed by atoms with Gasteiger partial charge in [-0.3, -0.25) is 9.36 Å². The molecule has 0 unspecified atom stereocenters. The van der Waals surface area contributed by atoms with E-state index >= 15 is 0 Å². The van der Waals surface area contributed by atoms with E-state index < -0.39 is 5.97 Å². The van der Waals surface area contributed by atoms with Gasteiger partial charge in [0.15, 0.2) is 11.0 Å². The highest BCUT2D eigenvalue weighted by molar-refractivity contribution is 7.99. The summed E-state index contributed by atoms with van der Waals surface area (Å²) in [6.45, 7) is 4.26. The van der Waals surface area contributed by atoms with Crippen LogP contribution in [-0.2, 0) is 11.3 Å². The molecule has 3 rings (SSSR count). The van der Waals surface area contributed by atoms with Crippen LogP contribution in [0, 0.1) is 0 Å². The number of hydrogen-bond donors (Lipinski definition) is 1. The molecule has 8 heteroatoms. The summed E-state index contributed by atoms with van der Waals surface area (Å²) < 4.78 is 1.87. The first-order valence-corrected chi connectivity index (χ1v) is 9.41. The molecular weight excluding hydrogens is 376 g/mol. The smallest absolute Gasteiger partial charge is 0.234 e. The number of hydrogen-bond acceptors (Lipinski definition) is 6. The average molecular weight is 393 g/mol. The quantitative estimate of drug-likeness (QED) is 0.465. The van der Waals surface area contributed by atoms with Gasteiger partial charge in [0.05, 0.1) is 11.7 Å². The van der Waals surface area contributed by atoms with E-state index in [4.69, 9.17) is 0 Å². The van der Waals surface area contributed by atoms with Crippen molar-refractivity contribution in [3.63, 3.8) is 0 Å². The van der Waals surface area contributed by atoms with Crippen molar-refractivity contribution in [1.29, 1.82) is 0 Å². The van der Waals surface area contributed by atoms with Crippen molar-refractivity contribution in [3.8, 4) is 11.4 Å². The van der Waals surface area contributed by atoms with Crippen LogP contribution in [0.15, 0.2) is 72.4 Å². The first kappa shape index (κ1) is 19.4. The number of carboxylic acid groups (broad SMARTS) is 1. The Morgan fingerprint density at radius 3 is 2.54 bits per heavy atom. The molecule has 0 atom stereocenters. The molecule has 0 saturated carbocycles. The molecule has 0 aliphatic heterocycles. The minimum Gasteiger partial charge on any atom is -0.545 e. The number of carbonyl (C=O) groups is 2. The number of nitrogens with one attached hydrogen (secondary N) is 1. The molecule has 0 aliphatic carbocycles. The van der Waals surface area contributed by atoms with Gasteiger partial charge in [-0.05, 0) is 6.07 Å². The number of aromatic nitrogens is 3. The Morgan fingerprint density at radius 1 is 1.11 bits per heavy atom. The molecule has 7 nitrogen and oxygen atoms in total. The lowest BCUT2D eigenvalue weighted by molar-refractivity contribution is -0.254. The number of carboxylic acids is 1. The lowest BCUT2D eigenvalue weighted by Gasteiger charge is -2.11. The molecule has 142 valence electrons. The number of rotatable bonds is 8. The maximum Gasteiger partial charge on any atom is 0.234 e. The number of anilines is 1. The van der Waals surface area contributed by atoms with Crippen LogP contribution >= 0.6 is 11.8 Å². The van der Waals surface area contributed by atoms with Gasteiger partial charge in [0.2, 0.25) is 5.91 Å². The van der Waals surface area contributed by atoms with Gasteiger partial charge in [-0.1, -0.05) is 66.4 Å². The van der Waals surface area contributed by atoms with Crippen LogP contribution in [0.2, 0.25) is 0 Å². The second-order valence-corrected chi connectivity index (χ2v) is 6.68. The van der Waals surface area contributed by atoms with Crippen LogP contribution in [0.1, 0.15) is 10.4 Å². The first-order valence-electron chi connectivity index (χ1n) is 8.42. The van der Waals surface area contributed by atoms with Crippen LogP contribution in [0.4, 0.5) is 5.69 Å². The van der Waals surface area contributed by atoms with Crippen molar-refractivity contribution in [2.45, 2.75) is 11.7 Å². The summed E-state index contributed by atoms with van der Waals surface area (Å²) in [4.78, 5) is 23.4. The fourth-order valence-corrected chi connectivity index (χ4v) is 3.32. The van der Waals surface area contributed by atoms with Gasteiger partial charge in [-0.15, -0.1) is 16.8 Å². The molecule has 2 aromatic carbocycles. The van der Waals surface area contributed by atoms with E-state index in [0.717, 1.165) is 5.56 Å². The van der Waals surface area contributed by atoms with Crippen molar-refractivity contribution in [2.24, 2.45) is 0 Å². The van der Waals surface area contributed by atoms with Crippen molar-refractivity contribution in [3.05, 3.63) is 72.8 Å². The number of nitrogens with zero attached hydrogens (tertiary/aromatic N) is 3. The standard InChI is InChI=1S/C20H18N4O3S/c1-2-12-24-18(14-8-4-3-5-9-14)22-23-20(24)28-13-17(25)21-16-11-7-6-10-15(16)19(26)27/h2-11H,1,12-13H2,(H,21,25)(H,26,27)/p-1. The summed E-state index contributed by atoms with van der Waals surface area (Å²) in [7, 11) is 0. The number of allylic oxidation sites excluding steroid dienone is 1. The summed E-state index contributed by atoms with van der Waals surface area (Å²) in [6, 6.07) is 15.7. The Hall–Kier alpha value is -3.39. The predicted molar refractivity (Wildman–Crippen MR) is 106 cm³/mol. The van der Waals surface area contributed by atoms with Gasteiger partial charge in [0.1, 0.15) is 0 Å². The molecule has 0 fully saturated rings. The number of benzene rings is 2. The SMILES string of the molecule is C=CCn1c(SCC(=O)Nc2ccccc2C(=O)[O-])nnc1-c1ccccc1. The molecule has 0 bridgehead atoms. The van der Waals surface area contributed by atoms with Crippen LogP contribution in [0.25, 0.3) is 11.4 Å². The second kappa shape index (κ2) is 9.01. The number of thioether (sulfide) groups is 1. The molecule has 28 heavy (non-hydrogen) atoms. The van der Waals surface area contributed by atoms with E-state index in [1.165, 1.54) is 23.9 Å². The number of para-hydroxylation sites is 1. The highest BCUT2D eigenvalue weighted by Gasteiger charge is 2.15. The zero-order chi connectivity index (χ0) is 19.9. The average Bonchev–Trinajstić information content (AvgIpc) is 3.10. The topological polar surface area (TPSA) is 99.9 Å². The molecule has 0 radical (unpaired) electrons. The maximum atomic E-state index is 12.3. The second-order valence-electron chi connectivity index (χ2n) is 5.74. The van der Waals surface area contributed by atoms with Gasteiger partial charge < -0.3 is 15.2 Å². The molecule has 1 heterocycles. The van der Waals surface area contributed by atoms with Gasteiger partial charge in [0.25, 0.3) is 0 Å². The van der Waals surface area contributed by atoms with Gasteiger partial charge >= 0.3 is 0 Å². The normalized spacial score (nSPS) is 10.4. The Kier molecular flexibility index (Phi) is 6.23. The molecule has 0 aliphatic rings. The molecule has 0 saturated heterocycles. The highest BCUT2D eigenvalue weighted by atomic mass is 32.2. The third-order valence-corrected chi connectivity index (χ3v) is 4.78. The summed E-state index contributed by atoms with van der Waals surface area (Å²) in [6.07, 6.45) is 1.73.